The van der Waals surface area contributed by atoms with Crippen molar-refractivity contribution in [3.05, 3.63) is 129 Å². The smallest absolute Gasteiger partial charge is 0.416 e. The Hall–Kier alpha value is -4.37. The lowest BCUT2D eigenvalue weighted by atomic mass is 9.43. The fraction of sp³-hybridized carbons (Fsp3) is 0.297. The zero-order valence-electron chi connectivity index (χ0n) is 25.2. The Balaban J connectivity index is 1.31. The van der Waals surface area contributed by atoms with Crippen LogP contribution in [0.15, 0.2) is 96.4 Å². The molecule has 3 aliphatic carbocycles. The van der Waals surface area contributed by atoms with E-state index in [0.29, 0.717) is 31.7 Å². The SMILES string of the molecule is COc1ccccc1/C=C/C(=O)N1C[C@H]2[C@]3(c4ccc(C(F)(F)F)cc4)CC[C@@H](c4sccc43)[C@@]2(C(=O)NCc2ccccc2)C1. The van der Waals surface area contributed by atoms with Crippen molar-refractivity contribution < 1.29 is 27.5 Å². The number of hydrogen-bond donors (Lipinski definition) is 1. The number of halogens is 3. The number of likely N-dealkylation sites (tertiary alicyclic amines) is 1. The van der Waals surface area contributed by atoms with Crippen molar-refractivity contribution in [1.29, 1.82) is 0 Å². The number of ether oxygens (including phenoxy) is 1. The highest BCUT2D eigenvalue weighted by molar-refractivity contribution is 7.10. The summed E-state index contributed by atoms with van der Waals surface area (Å²) in [5.74, 6) is -0.152. The van der Waals surface area contributed by atoms with Crippen LogP contribution in [-0.2, 0) is 27.7 Å². The van der Waals surface area contributed by atoms with Crippen LogP contribution in [0.1, 0.15) is 51.5 Å². The number of hydrogen-bond acceptors (Lipinski definition) is 4. The second-order valence-electron chi connectivity index (χ2n) is 12.4. The monoisotopic (exact) mass is 642 g/mol. The summed E-state index contributed by atoms with van der Waals surface area (Å²) in [7, 11) is 1.58. The number of thiophene rings is 1. The molecule has 4 atom stereocenters. The van der Waals surface area contributed by atoms with Gasteiger partial charge >= 0.3 is 6.18 Å². The van der Waals surface area contributed by atoms with Gasteiger partial charge in [-0.15, -0.1) is 11.3 Å². The van der Waals surface area contributed by atoms with Gasteiger partial charge in [-0.3, -0.25) is 9.59 Å². The summed E-state index contributed by atoms with van der Waals surface area (Å²) < 4.78 is 46.3. The van der Waals surface area contributed by atoms with Crippen molar-refractivity contribution >= 4 is 29.2 Å². The molecule has 3 aromatic carbocycles. The zero-order valence-corrected chi connectivity index (χ0v) is 26.0. The lowest BCUT2D eigenvalue weighted by Crippen LogP contribution is -2.62. The maximum Gasteiger partial charge on any atom is 0.416 e. The number of fused-ring (bicyclic) bond motifs is 1. The van der Waals surface area contributed by atoms with Crippen LogP contribution in [0.2, 0.25) is 0 Å². The minimum Gasteiger partial charge on any atom is -0.496 e. The number of para-hydroxylation sites is 1. The second kappa shape index (κ2) is 11.5. The number of alkyl halides is 3. The first-order valence-corrected chi connectivity index (χ1v) is 16.2. The maximum atomic E-state index is 14.7. The number of methoxy groups -OCH3 is 1. The minimum absolute atomic E-state index is 0.115. The number of carbonyl (C=O) groups is 2. The van der Waals surface area contributed by atoms with Gasteiger partial charge in [0, 0.05) is 53.4 Å². The molecule has 2 amide bonds. The lowest BCUT2D eigenvalue weighted by molar-refractivity contribution is -0.139. The molecule has 1 saturated heterocycles. The summed E-state index contributed by atoms with van der Waals surface area (Å²) in [6.45, 7) is 0.867. The standard InChI is InChI=1S/C37H33F3N2O3S/c1-45-30-10-6-5-9-25(30)11-16-32(43)42-22-31-35(26-12-14-27(15-13-26)37(38,39)40)19-17-28(33-29(35)18-20-46-33)36(31,23-42)34(44)41-21-24-7-3-2-4-8-24/h2-16,18,20,28,31H,17,19,21-23H2,1H3,(H,41,44)/b16-11+/t28-,31-,35-,36-/m0/s1. The van der Waals surface area contributed by atoms with E-state index in [4.69, 9.17) is 4.74 Å². The van der Waals surface area contributed by atoms with Crippen molar-refractivity contribution in [2.24, 2.45) is 11.3 Å². The molecular formula is C37H33F3N2O3S. The van der Waals surface area contributed by atoms with Crippen LogP contribution in [0, 0.1) is 11.3 Å². The normalized spacial score (nSPS) is 24.9. The Kier molecular flexibility index (Phi) is 7.54. The van der Waals surface area contributed by atoms with E-state index >= 15 is 0 Å². The highest BCUT2D eigenvalue weighted by Gasteiger charge is 2.70. The van der Waals surface area contributed by atoms with Gasteiger partial charge in [0.05, 0.1) is 18.1 Å². The average Bonchev–Trinajstić information content (AvgIpc) is 3.75. The van der Waals surface area contributed by atoms with E-state index in [2.05, 4.69) is 11.4 Å². The molecule has 1 aromatic heterocycles. The third-order valence-corrected chi connectivity index (χ3v) is 11.3. The third-order valence-electron chi connectivity index (χ3n) is 10.3. The molecule has 5 nitrogen and oxygen atoms in total. The van der Waals surface area contributed by atoms with Crippen LogP contribution in [-0.4, -0.2) is 36.9 Å². The summed E-state index contributed by atoms with van der Waals surface area (Å²) >= 11 is 1.60. The van der Waals surface area contributed by atoms with Crippen molar-refractivity contribution in [3.8, 4) is 5.75 Å². The van der Waals surface area contributed by atoms with E-state index < -0.39 is 22.6 Å². The topological polar surface area (TPSA) is 58.6 Å². The molecule has 9 heteroatoms. The van der Waals surface area contributed by atoms with Gasteiger partial charge in [-0.25, -0.2) is 0 Å². The molecule has 0 radical (unpaired) electrons. The predicted molar refractivity (Wildman–Crippen MR) is 171 cm³/mol. The molecule has 0 spiro atoms. The van der Waals surface area contributed by atoms with Gasteiger partial charge < -0.3 is 15.0 Å². The highest BCUT2D eigenvalue weighted by Crippen LogP contribution is 2.70. The molecule has 4 aliphatic rings. The summed E-state index contributed by atoms with van der Waals surface area (Å²) in [4.78, 5) is 31.4. The molecule has 2 fully saturated rings. The van der Waals surface area contributed by atoms with E-state index in [-0.39, 0.29) is 30.2 Å². The fourth-order valence-electron chi connectivity index (χ4n) is 8.30. The van der Waals surface area contributed by atoms with Crippen molar-refractivity contribution in [2.45, 2.75) is 36.9 Å². The summed E-state index contributed by atoms with van der Waals surface area (Å²) in [5, 5.41) is 5.24. The maximum absolute atomic E-state index is 14.7. The van der Waals surface area contributed by atoms with E-state index in [0.717, 1.165) is 39.3 Å². The van der Waals surface area contributed by atoms with Crippen LogP contribution in [0.25, 0.3) is 6.08 Å². The Morgan fingerprint density at radius 1 is 1.02 bits per heavy atom. The molecule has 236 valence electrons. The first kappa shape index (κ1) is 30.3. The molecule has 4 aromatic rings. The summed E-state index contributed by atoms with van der Waals surface area (Å²) in [6, 6.07) is 24.6. The molecule has 1 saturated carbocycles. The Morgan fingerprint density at radius 3 is 2.50 bits per heavy atom. The number of amides is 2. The van der Waals surface area contributed by atoms with Crippen LogP contribution in [0.5, 0.6) is 5.75 Å². The number of nitrogens with one attached hydrogen (secondary N) is 1. The van der Waals surface area contributed by atoms with E-state index in [1.54, 1.807) is 41.6 Å². The molecule has 2 bridgehead atoms. The molecule has 46 heavy (non-hydrogen) atoms. The number of benzene rings is 3. The summed E-state index contributed by atoms with van der Waals surface area (Å²) in [6.07, 6.45) is 0.169. The third kappa shape index (κ3) is 4.75. The van der Waals surface area contributed by atoms with Gasteiger partial charge in [-0.1, -0.05) is 60.7 Å². The summed E-state index contributed by atoms with van der Waals surface area (Å²) in [5.41, 5.74) is 1.16. The highest BCUT2D eigenvalue weighted by atomic mass is 32.1. The van der Waals surface area contributed by atoms with E-state index in [9.17, 15) is 22.8 Å². The largest absolute Gasteiger partial charge is 0.496 e. The number of carbonyl (C=O) groups excluding carboxylic acids is 2. The van der Waals surface area contributed by atoms with Gasteiger partial charge in [0.2, 0.25) is 11.8 Å². The van der Waals surface area contributed by atoms with Crippen LogP contribution >= 0.6 is 11.3 Å². The van der Waals surface area contributed by atoms with Crippen molar-refractivity contribution in [1.82, 2.24) is 10.2 Å². The number of rotatable bonds is 7. The average molecular weight is 643 g/mol. The van der Waals surface area contributed by atoms with Crippen molar-refractivity contribution in [3.63, 3.8) is 0 Å². The lowest BCUT2D eigenvalue weighted by Gasteiger charge is -2.59. The fourth-order valence-corrected chi connectivity index (χ4v) is 9.52. The van der Waals surface area contributed by atoms with Crippen molar-refractivity contribution in [2.75, 3.05) is 20.2 Å². The van der Waals surface area contributed by atoms with E-state index in [1.165, 1.54) is 6.08 Å². The Labute approximate surface area is 269 Å². The van der Waals surface area contributed by atoms with Gasteiger partial charge in [-0.2, -0.15) is 13.2 Å². The van der Waals surface area contributed by atoms with Crippen LogP contribution in [0.3, 0.4) is 0 Å². The van der Waals surface area contributed by atoms with Gasteiger partial charge in [0.15, 0.2) is 0 Å². The Morgan fingerprint density at radius 2 is 1.76 bits per heavy atom. The zero-order chi connectivity index (χ0) is 32.1. The molecule has 1 aliphatic heterocycles. The molecule has 1 N–H and O–H groups in total. The first-order chi connectivity index (χ1) is 22.2. The predicted octanol–water partition coefficient (Wildman–Crippen LogP) is 7.43. The van der Waals surface area contributed by atoms with E-state index in [1.807, 2.05) is 60.0 Å². The van der Waals surface area contributed by atoms with Gasteiger partial charge in [-0.05, 0) is 65.3 Å². The molecule has 0 unspecified atom stereocenters. The molecule has 8 rings (SSSR count). The van der Waals surface area contributed by atoms with Crippen LogP contribution < -0.4 is 10.1 Å². The second-order valence-corrected chi connectivity index (χ2v) is 13.3. The van der Waals surface area contributed by atoms with Crippen LogP contribution in [0.4, 0.5) is 13.2 Å². The molecular weight excluding hydrogens is 609 g/mol. The number of nitrogens with zero attached hydrogens (tertiary/aromatic N) is 1. The minimum atomic E-state index is -4.46. The molecule has 2 heterocycles. The first-order valence-electron chi connectivity index (χ1n) is 15.4. The van der Waals surface area contributed by atoms with Gasteiger partial charge in [0.1, 0.15) is 5.75 Å². The Bertz CT molecular complexity index is 1800. The quantitative estimate of drug-likeness (QED) is 0.214. The van der Waals surface area contributed by atoms with Gasteiger partial charge in [0.25, 0.3) is 0 Å².